The molecule has 8 nitrogen and oxygen atoms in total. The lowest BCUT2D eigenvalue weighted by molar-refractivity contribution is -0.140. The van der Waals surface area contributed by atoms with Crippen LogP contribution >= 0.6 is 0 Å². The van der Waals surface area contributed by atoms with Crippen molar-refractivity contribution in [1.82, 2.24) is 10.2 Å². The molecule has 50 heavy (non-hydrogen) atoms. The maximum absolute atomic E-state index is 14.9. The molecule has 0 aliphatic heterocycles. The number of hydrogen-bond acceptors (Lipinski definition) is 5. The summed E-state index contributed by atoms with van der Waals surface area (Å²) < 4.78 is 5.59. The second-order valence-electron chi connectivity index (χ2n) is 14.2. The SMILES string of the molecule is CCCCCCCCN(C(=O)C(Cc1ccc(O)cc1)NC(=O)OC(C)(C)C)C(C(=O)Nc1ccc2ccccc2c1)c1cc(C)cc(C)c1. The molecule has 4 aromatic carbocycles. The van der Waals surface area contributed by atoms with Gasteiger partial charge in [-0.2, -0.15) is 0 Å². The highest BCUT2D eigenvalue weighted by Gasteiger charge is 2.36. The number of fused-ring (bicyclic) bond motifs is 1. The van der Waals surface area contributed by atoms with E-state index in [2.05, 4.69) is 17.6 Å². The lowest BCUT2D eigenvalue weighted by Crippen LogP contribution is -2.53. The van der Waals surface area contributed by atoms with Crippen LogP contribution in [0.1, 0.15) is 94.5 Å². The number of aromatic hydroxyl groups is 1. The van der Waals surface area contributed by atoms with Gasteiger partial charge in [-0.15, -0.1) is 0 Å². The summed E-state index contributed by atoms with van der Waals surface area (Å²) >= 11 is 0. The molecule has 0 aromatic heterocycles. The molecule has 3 N–H and O–H groups in total. The molecule has 266 valence electrons. The molecule has 4 rings (SSSR count). The molecule has 0 saturated carbocycles. The Labute approximate surface area is 297 Å². The van der Waals surface area contributed by atoms with Crippen LogP contribution in [0.2, 0.25) is 0 Å². The van der Waals surface area contributed by atoms with E-state index in [1.807, 2.05) is 74.5 Å². The minimum Gasteiger partial charge on any atom is -0.508 e. The van der Waals surface area contributed by atoms with Crippen LogP contribution in [-0.4, -0.2) is 46.1 Å². The normalized spacial score (nSPS) is 12.6. The van der Waals surface area contributed by atoms with E-state index in [0.29, 0.717) is 24.2 Å². The van der Waals surface area contributed by atoms with Gasteiger partial charge in [0.1, 0.15) is 23.4 Å². The molecule has 0 aliphatic carbocycles. The van der Waals surface area contributed by atoms with Crippen LogP contribution in [0.3, 0.4) is 0 Å². The monoisotopic (exact) mass is 679 g/mol. The molecule has 0 spiro atoms. The first-order valence-corrected chi connectivity index (χ1v) is 17.8. The smallest absolute Gasteiger partial charge is 0.408 e. The highest BCUT2D eigenvalue weighted by molar-refractivity contribution is 6.00. The average Bonchev–Trinajstić information content (AvgIpc) is 3.04. The maximum Gasteiger partial charge on any atom is 0.408 e. The fourth-order valence-corrected chi connectivity index (χ4v) is 6.27. The fraction of sp³-hybridized carbons (Fsp3) is 0.405. The lowest BCUT2D eigenvalue weighted by Gasteiger charge is -2.35. The largest absolute Gasteiger partial charge is 0.508 e. The number of carbonyl (C=O) groups is 3. The van der Waals surface area contributed by atoms with Gasteiger partial charge in [-0.05, 0) is 87.2 Å². The highest BCUT2D eigenvalue weighted by atomic mass is 16.6. The van der Waals surface area contributed by atoms with Crippen LogP contribution in [0.5, 0.6) is 5.75 Å². The summed E-state index contributed by atoms with van der Waals surface area (Å²) in [4.78, 5) is 44.3. The minimum atomic E-state index is -1.05. The number of phenolic OH excluding ortho intramolecular Hbond substituents is 1. The molecule has 8 heteroatoms. The van der Waals surface area contributed by atoms with Gasteiger partial charge in [0.05, 0.1) is 0 Å². The molecule has 0 bridgehead atoms. The zero-order chi connectivity index (χ0) is 36.3. The number of nitrogens with zero attached hydrogens (tertiary/aromatic N) is 1. The average molecular weight is 680 g/mol. The van der Waals surface area contributed by atoms with Crippen molar-refractivity contribution in [3.05, 3.63) is 107 Å². The van der Waals surface area contributed by atoms with E-state index in [9.17, 15) is 19.5 Å². The Bertz CT molecular complexity index is 1720. The van der Waals surface area contributed by atoms with Gasteiger partial charge in [0.25, 0.3) is 5.91 Å². The molecular formula is C42H53N3O5. The quantitative estimate of drug-likeness (QED) is 0.109. The Hall–Kier alpha value is -4.85. The fourth-order valence-electron chi connectivity index (χ4n) is 6.27. The van der Waals surface area contributed by atoms with E-state index >= 15 is 0 Å². The second kappa shape index (κ2) is 17.7. The predicted molar refractivity (Wildman–Crippen MR) is 201 cm³/mol. The number of aryl methyl sites for hydroxylation is 2. The molecule has 3 amide bonds. The number of amides is 3. The van der Waals surface area contributed by atoms with E-state index in [0.717, 1.165) is 59.6 Å². The van der Waals surface area contributed by atoms with Gasteiger partial charge >= 0.3 is 6.09 Å². The summed E-state index contributed by atoms with van der Waals surface area (Å²) in [5.74, 6) is -0.637. The van der Waals surface area contributed by atoms with Crippen molar-refractivity contribution < 1.29 is 24.2 Å². The van der Waals surface area contributed by atoms with Gasteiger partial charge < -0.3 is 25.4 Å². The Morgan fingerprint density at radius 1 is 0.800 bits per heavy atom. The van der Waals surface area contributed by atoms with Crippen molar-refractivity contribution in [2.45, 2.75) is 104 Å². The molecule has 0 saturated heterocycles. The Balaban J connectivity index is 1.77. The first-order chi connectivity index (χ1) is 23.8. The molecule has 4 aromatic rings. The summed E-state index contributed by atoms with van der Waals surface area (Å²) in [5.41, 5.74) is 3.23. The van der Waals surface area contributed by atoms with Crippen molar-refractivity contribution in [3.8, 4) is 5.75 Å². The van der Waals surface area contributed by atoms with Crippen LogP contribution in [0, 0.1) is 13.8 Å². The van der Waals surface area contributed by atoms with Crippen molar-refractivity contribution in [2.75, 3.05) is 11.9 Å². The van der Waals surface area contributed by atoms with E-state index < -0.39 is 29.7 Å². The van der Waals surface area contributed by atoms with Gasteiger partial charge in [0, 0.05) is 18.7 Å². The maximum atomic E-state index is 14.9. The van der Waals surface area contributed by atoms with Crippen LogP contribution < -0.4 is 10.6 Å². The van der Waals surface area contributed by atoms with Crippen molar-refractivity contribution in [2.24, 2.45) is 0 Å². The zero-order valence-electron chi connectivity index (χ0n) is 30.4. The van der Waals surface area contributed by atoms with Crippen LogP contribution in [0.25, 0.3) is 10.8 Å². The van der Waals surface area contributed by atoms with Gasteiger partial charge in [0.15, 0.2) is 0 Å². The number of anilines is 1. The second-order valence-corrected chi connectivity index (χ2v) is 14.2. The summed E-state index contributed by atoms with van der Waals surface area (Å²) in [5, 5.41) is 17.9. The molecule has 2 unspecified atom stereocenters. The summed E-state index contributed by atoms with van der Waals surface area (Å²) in [7, 11) is 0. The van der Waals surface area contributed by atoms with Crippen LogP contribution in [0.4, 0.5) is 10.5 Å². The zero-order valence-corrected chi connectivity index (χ0v) is 30.4. The first-order valence-electron chi connectivity index (χ1n) is 17.8. The number of carbonyl (C=O) groups excluding carboxylic acids is 3. The van der Waals surface area contributed by atoms with Gasteiger partial charge in [-0.3, -0.25) is 9.59 Å². The summed E-state index contributed by atoms with van der Waals surface area (Å²) in [6, 6.07) is 24.2. The third-order valence-electron chi connectivity index (χ3n) is 8.54. The summed E-state index contributed by atoms with van der Waals surface area (Å²) in [6.45, 7) is 11.7. The molecular weight excluding hydrogens is 626 g/mol. The van der Waals surface area contributed by atoms with Gasteiger partial charge in [0.2, 0.25) is 5.91 Å². The Morgan fingerprint density at radius 3 is 2.10 bits per heavy atom. The summed E-state index contributed by atoms with van der Waals surface area (Å²) in [6.07, 6.45) is 5.42. The number of benzene rings is 4. The number of unbranched alkanes of at least 4 members (excludes halogenated alkanes) is 5. The predicted octanol–water partition coefficient (Wildman–Crippen LogP) is 9.17. The topological polar surface area (TPSA) is 108 Å². The standard InChI is InChI=1S/C42H53N3O5/c1-7-8-9-10-11-14-23-45(40(48)37(44-41(49)50-42(4,5)6)27-31-17-21-36(46)22-18-31)38(34-25-29(2)24-30(3)26-34)39(47)43-35-20-19-32-15-12-13-16-33(32)28-35/h12-13,15-22,24-26,28,37-38,46H,7-11,14,23,27H2,1-6H3,(H,43,47)(H,44,49). The van der Waals surface area contributed by atoms with Crippen molar-refractivity contribution >= 4 is 34.4 Å². The first kappa shape index (κ1) is 38.0. The molecule has 0 radical (unpaired) electrons. The molecule has 0 heterocycles. The van der Waals surface area contributed by atoms with Gasteiger partial charge in [-0.1, -0.05) is 111 Å². The minimum absolute atomic E-state index is 0.0988. The number of alkyl carbamates (subject to hydrolysis) is 1. The Kier molecular flexibility index (Phi) is 13.4. The van der Waals surface area contributed by atoms with E-state index in [4.69, 9.17) is 4.74 Å². The van der Waals surface area contributed by atoms with E-state index in [1.165, 1.54) is 0 Å². The third-order valence-corrected chi connectivity index (χ3v) is 8.54. The number of rotatable bonds is 15. The Morgan fingerprint density at radius 2 is 1.44 bits per heavy atom. The number of ether oxygens (including phenoxy) is 1. The van der Waals surface area contributed by atoms with Crippen molar-refractivity contribution in [1.29, 1.82) is 0 Å². The lowest BCUT2D eigenvalue weighted by atomic mass is 9.96. The molecule has 0 aliphatic rings. The number of nitrogens with one attached hydrogen (secondary N) is 2. The molecule has 0 fully saturated rings. The highest BCUT2D eigenvalue weighted by Crippen LogP contribution is 2.29. The number of phenols is 1. The van der Waals surface area contributed by atoms with Gasteiger partial charge in [-0.25, -0.2) is 4.79 Å². The molecule has 2 atom stereocenters. The van der Waals surface area contributed by atoms with Crippen LogP contribution in [-0.2, 0) is 20.7 Å². The number of hydrogen-bond donors (Lipinski definition) is 3. The third kappa shape index (κ3) is 11.4. The van der Waals surface area contributed by atoms with E-state index in [-0.39, 0.29) is 18.1 Å². The van der Waals surface area contributed by atoms with Crippen LogP contribution in [0.15, 0.2) is 84.9 Å². The van der Waals surface area contributed by atoms with Crippen molar-refractivity contribution in [3.63, 3.8) is 0 Å². The van der Waals surface area contributed by atoms with E-state index in [1.54, 1.807) is 49.9 Å².